The molecule has 0 fully saturated rings. The Balaban J connectivity index is 2.00. The fourth-order valence-electron chi connectivity index (χ4n) is 2.37. The van der Waals surface area contributed by atoms with E-state index in [4.69, 9.17) is 9.26 Å². The molecular weight excluding hydrogens is 270 g/mol. The summed E-state index contributed by atoms with van der Waals surface area (Å²) in [5.41, 5.74) is 1.40. The van der Waals surface area contributed by atoms with Crippen molar-refractivity contribution in [2.75, 3.05) is 12.4 Å². The van der Waals surface area contributed by atoms with Crippen molar-refractivity contribution >= 4 is 22.6 Å². The predicted octanol–water partition coefficient (Wildman–Crippen LogP) is 2.74. The van der Waals surface area contributed by atoms with Gasteiger partial charge in [-0.3, -0.25) is 4.79 Å². The van der Waals surface area contributed by atoms with Gasteiger partial charge >= 0.3 is 0 Å². The first-order valence-corrected chi connectivity index (χ1v) is 6.47. The maximum absolute atomic E-state index is 12.4. The number of aryl methyl sites for hydroxylation is 2. The number of aromatic nitrogens is 2. The zero-order valence-corrected chi connectivity index (χ0v) is 12.0. The summed E-state index contributed by atoms with van der Waals surface area (Å²) in [5, 5.41) is 7.41. The molecular formula is C15H15N3O3. The van der Waals surface area contributed by atoms with Gasteiger partial charge in [0.15, 0.2) is 5.82 Å². The number of amides is 1. The zero-order chi connectivity index (χ0) is 15.0. The molecule has 6 nitrogen and oxygen atoms in total. The number of hydrogen-bond acceptors (Lipinski definition) is 4. The highest BCUT2D eigenvalue weighted by atomic mass is 16.5. The highest BCUT2D eigenvalue weighted by Crippen LogP contribution is 2.28. The van der Waals surface area contributed by atoms with Gasteiger partial charge in [0.05, 0.1) is 12.6 Å². The molecule has 0 bridgehead atoms. The first-order valence-electron chi connectivity index (χ1n) is 6.47. The number of methoxy groups -OCH3 is 1. The molecule has 0 saturated carbocycles. The van der Waals surface area contributed by atoms with Crippen molar-refractivity contribution in [2.45, 2.75) is 6.92 Å². The number of rotatable bonds is 3. The lowest BCUT2D eigenvalue weighted by Crippen LogP contribution is -2.15. The van der Waals surface area contributed by atoms with E-state index in [-0.39, 0.29) is 5.91 Å². The number of hydrogen-bond donors (Lipinski definition) is 1. The van der Waals surface area contributed by atoms with Crippen molar-refractivity contribution in [3.63, 3.8) is 0 Å². The van der Waals surface area contributed by atoms with E-state index in [9.17, 15) is 4.79 Å². The van der Waals surface area contributed by atoms with E-state index in [1.54, 1.807) is 24.7 Å². The maximum Gasteiger partial charge on any atom is 0.273 e. The summed E-state index contributed by atoms with van der Waals surface area (Å²) < 4.78 is 12.1. The van der Waals surface area contributed by atoms with Gasteiger partial charge in [0.25, 0.3) is 5.91 Å². The normalized spacial score (nSPS) is 10.8. The van der Waals surface area contributed by atoms with E-state index in [0.29, 0.717) is 17.3 Å². The van der Waals surface area contributed by atoms with Crippen LogP contribution in [0.1, 0.15) is 16.2 Å². The minimum absolute atomic E-state index is 0.246. The summed E-state index contributed by atoms with van der Waals surface area (Å²) in [4.78, 5) is 12.4. The summed E-state index contributed by atoms with van der Waals surface area (Å²) in [7, 11) is 3.44. The molecule has 2 heterocycles. The Kier molecular flexibility index (Phi) is 3.13. The molecule has 108 valence electrons. The number of ether oxygens (including phenoxy) is 1. The lowest BCUT2D eigenvalue weighted by atomic mass is 10.2. The maximum atomic E-state index is 12.4. The van der Waals surface area contributed by atoms with Gasteiger partial charge in [-0.1, -0.05) is 17.3 Å². The van der Waals surface area contributed by atoms with Gasteiger partial charge in [-0.15, -0.1) is 0 Å². The van der Waals surface area contributed by atoms with E-state index in [2.05, 4.69) is 10.5 Å². The third-order valence-electron chi connectivity index (χ3n) is 3.34. The van der Waals surface area contributed by atoms with Crippen LogP contribution in [0.25, 0.3) is 10.9 Å². The molecule has 0 spiro atoms. The molecule has 0 aliphatic rings. The van der Waals surface area contributed by atoms with Gasteiger partial charge in [-0.05, 0) is 19.1 Å². The Labute approximate surface area is 121 Å². The van der Waals surface area contributed by atoms with Crippen LogP contribution in [0.15, 0.2) is 34.9 Å². The van der Waals surface area contributed by atoms with Crippen LogP contribution >= 0.6 is 0 Å². The molecule has 0 aliphatic carbocycles. The summed E-state index contributed by atoms with van der Waals surface area (Å²) in [6.45, 7) is 1.77. The molecule has 1 amide bonds. The number of nitrogens with one attached hydrogen (secondary N) is 1. The molecule has 3 rings (SSSR count). The van der Waals surface area contributed by atoms with Crippen LogP contribution in [0, 0.1) is 6.92 Å². The second-order valence-corrected chi connectivity index (χ2v) is 4.76. The quantitative estimate of drug-likeness (QED) is 0.803. The Bertz CT molecular complexity index is 817. The molecule has 6 heteroatoms. The van der Waals surface area contributed by atoms with Gasteiger partial charge in [0, 0.05) is 18.5 Å². The number of fused-ring (bicyclic) bond motifs is 1. The Morgan fingerprint density at radius 3 is 2.86 bits per heavy atom. The van der Waals surface area contributed by atoms with Crippen molar-refractivity contribution in [3.05, 3.63) is 41.8 Å². The molecule has 1 aromatic carbocycles. The van der Waals surface area contributed by atoms with E-state index in [1.807, 2.05) is 31.3 Å². The van der Waals surface area contributed by atoms with E-state index < -0.39 is 0 Å². The Morgan fingerprint density at radius 1 is 1.38 bits per heavy atom. The third-order valence-corrected chi connectivity index (χ3v) is 3.34. The average molecular weight is 285 g/mol. The number of carbonyl (C=O) groups excluding carboxylic acids is 1. The van der Waals surface area contributed by atoms with Gasteiger partial charge < -0.3 is 19.1 Å². The summed E-state index contributed by atoms with van der Waals surface area (Å²) >= 11 is 0. The van der Waals surface area contributed by atoms with Gasteiger partial charge in [-0.25, -0.2) is 0 Å². The fourth-order valence-corrected chi connectivity index (χ4v) is 2.37. The largest absolute Gasteiger partial charge is 0.495 e. The first kappa shape index (κ1) is 13.2. The summed E-state index contributed by atoms with van der Waals surface area (Å²) in [6, 6.07) is 9.19. The average Bonchev–Trinajstić information content (AvgIpc) is 3.03. The summed E-state index contributed by atoms with van der Waals surface area (Å²) in [6.07, 6.45) is 0. The van der Waals surface area contributed by atoms with Crippen molar-refractivity contribution in [3.8, 4) is 5.75 Å². The topological polar surface area (TPSA) is 69.3 Å². The highest BCUT2D eigenvalue weighted by Gasteiger charge is 2.17. The van der Waals surface area contributed by atoms with Crippen molar-refractivity contribution in [1.29, 1.82) is 0 Å². The van der Waals surface area contributed by atoms with Crippen molar-refractivity contribution < 1.29 is 14.1 Å². The van der Waals surface area contributed by atoms with Crippen LogP contribution < -0.4 is 10.1 Å². The molecule has 1 N–H and O–H groups in total. The zero-order valence-electron chi connectivity index (χ0n) is 12.0. The third kappa shape index (κ3) is 2.24. The van der Waals surface area contributed by atoms with E-state index in [1.165, 1.54) is 0 Å². The molecule has 0 radical (unpaired) electrons. The van der Waals surface area contributed by atoms with E-state index in [0.717, 1.165) is 16.7 Å². The molecule has 3 aromatic rings. The number of anilines is 1. The molecule has 0 atom stereocenters. The Hall–Kier alpha value is -2.76. The number of benzene rings is 1. The molecule has 0 unspecified atom stereocenters. The minimum Gasteiger partial charge on any atom is -0.495 e. The number of nitrogens with zero attached hydrogens (tertiary/aromatic N) is 2. The van der Waals surface area contributed by atoms with Crippen molar-refractivity contribution in [1.82, 2.24) is 9.72 Å². The molecule has 2 aromatic heterocycles. The monoisotopic (exact) mass is 285 g/mol. The molecule has 21 heavy (non-hydrogen) atoms. The van der Waals surface area contributed by atoms with Crippen LogP contribution in [0.2, 0.25) is 0 Å². The van der Waals surface area contributed by atoms with Gasteiger partial charge in [0.1, 0.15) is 17.2 Å². The van der Waals surface area contributed by atoms with Crippen LogP contribution in [-0.2, 0) is 7.05 Å². The van der Waals surface area contributed by atoms with Gasteiger partial charge in [0.2, 0.25) is 0 Å². The van der Waals surface area contributed by atoms with Crippen LogP contribution in [0.5, 0.6) is 5.75 Å². The van der Waals surface area contributed by atoms with Gasteiger partial charge in [-0.2, -0.15) is 0 Å². The van der Waals surface area contributed by atoms with Crippen molar-refractivity contribution in [2.24, 2.45) is 7.05 Å². The standard InChI is InChI=1S/C15H15N3O3/c1-9-7-13(17-21-9)16-15(19)11-8-10-5-4-6-12(20-3)14(10)18(11)2/h4-8H,1-3H3,(H,16,17,19). The number of para-hydroxylation sites is 1. The molecule has 0 saturated heterocycles. The van der Waals surface area contributed by atoms with Crippen LogP contribution in [0.4, 0.5) is 5.82 Å². The fraction of sp³-hybridized carbons (Fsp3) is 0.200. The predicted molar refractivity (Wildman–Crippen MR) is 78.7 cm³/mol. The smallest absolute Gasteiger partial charge is 0.273 e. The molecule has 0 aliphatic heterocycles. The number of carbonyl (C=O) groups is 1. The second kappa shape index (κ2) is 4.97. The SMILES string of the molecule is COc1cccc2cc(C(=O)Nc3cc(C)on3)n(C)c12. The first-order chi connectivity index (χ1) is 10.1. The van der Waals surface area contributed by atoms with Crippen LogP contribution in [-0.4, -0.2) is 22.7 Å². The van der Waals surface area contributed by atoms with E-state index >= 15 is 0 Å². The Morgan fingerprint density at radius 2 is 2.19 bits per heavy atom. The highest BCUT2D eigenvalue weighted by molar-refractivity contribution is 6.06. The minimum atomic E-state index is -0.246. The van der Waals surface area contributed by atoms with Crippen LogP contribution in [0.3, 0.4) is 0 Å². The summed E-state index contributed by atoms with van der Waals surface area (Å²) in [5.74, 6) is 1.52. The second-order valence-electron chi connectivity index (χ2n) is 4.76. The lowest BCUT2D eigenvalue weighted by Gasteiger charge is -2.06. The lowest BCUT2D eigenvalue weighted by molar-refractivity contribution is 0.101.